The van der Waals surface area contributed by atoms with Gasteiger partial charge in [-0.3, -0.25) is 4.79 Å². The third-order valence-electron chi connectivity index (χ3n) is 2.60. The summed E-state index contributed by atoms with van der Waals surface area (Å²) in [6.07, 6.45) is 2.57. The smallest absolute Gasteiger partial charge is 0.316 e. The van der Waals surface area contributed by atoms with Crippen molar-refractivity contribution in [3.63, 3.8) is 0 Å². The first kappa shape index (κ1) is 15.0. The molecule has 0 aliphatic carbocycles. The summed E-state index contributed by atoms with van der Waals surface area (Å²) in [6.45, 7) is 2.05. The van der Waals surface area contributed by atoms with Crippen LogP contribution in [0.3, 0.4) is 0 Å². The standard InChI is InChI=1S/C13H20N4O2/c1-2-3-7-11(14)12(18)16-9-5-4-6-10(8-9)17-13(15)19/h4-6,8,11H,2-3,7,14H2,1H3,(H,16,18)(H3,15,17,19)/t11-/m0/s1. The van der Waals surface area contributed by atoms with E-state index in [2.05, 4.69) is 10.6 Å². The number of nitrogens with two attached hydrogens (primary N) is 2. The number of urea groups is 1. The Balaban J connectivity index is 2.61. The molecule has 0 radical (unpaired) electrons. The highest BCUT2D eigenvalue weighted by atomic mass is 16.2. The van der Waals surface area contributed by atoms with Crippen LogP contribution in [0.2, 0.25) is 0 Å². The molecule has 0 unspecified atom stereocenters. The van der Waals surface area contributed by atoms with Crippen LogP contribution in [-0.4, -0.2) is 18.0 Å². The summed E-state index contributed by atoms with van der Waals surface area (Å²) in [6, 6.07) is 5.55. The van der Waals surface area contributed by atoms with Crippen molar-refractivity contribution < 1.29 is 9.59 Å². The molecule has 3 amide bonds. The second-order valence-electron chi connectivity index (χ2n) is 4.31. The molecule has 0 heterocycles. The Hall–Kier alpha value is -2.08. The Morgan fingerprint density at radius 3 is 2.47 bits per heavy atom. The van der Waals surface area contributed by atoms with Gasteiger partial charge in [0.1, 0.15) is 0 Å². The van der Waals surface area contributed by atoms with Crippen molar-refractivity contribution in [2.45, 2.75) is 32.2 Å². The Morgan fingerprint density at radius 2 is 1.89 bits per heavy atom. The first-order valence-electron chi connectivity index (χ1n) is 6.26. The van der Waals surface area contributed by atoms with Crippen LogP contribution in [0.25, 0.3) is 0 Å². The summed E-state index contributed by atoms with van der Waals surface area (Å²) in [5.41, 5.74) is 11.9. The van der Waals surface area contributed by atoms with Gasteiger partial charge in [-0.05, 0) is 24.6 Å². The second-order valence-corrected chi connectivity index (χ2v) is 4.31. The molecule has 6 N–H and O–H groups in total. The molecule has 0 aromatic heterocycles. The first-order chi connectivity index (χ1) is 9.02. The molecule has 0 spiro atoms. The lowest BCUT2D eigenvalue weighted by Crippen LogP contribution is -2.35. The Kier molecular flexibility index (Phi) is 5.81. The van der Waals surface area contributed by atoms with E-state index in [-0.39, 0.29) is 5.91 Å². The number of hydrogen-bond acceptors (Lipinski definition) is 3. The zero-order valence-electron chi connectivity index (χ0n) is 11.0. The minimum atomic E-state index is -0.650. The van der Waals surface area contributed by atoms with Gasteiger partial charge in [-0.15, -0.1) is 0 Å². The lowest BCUT2D eigenvalue weighted by Gasteiger charge is -2.12. The van der Waals surface area contributed by atoms with Crippen molar-refractivity contribution in [2.24, 2.45) is 11.5 Å². The molecule has 0 saturated heterocycles. The number of rotatable bonds is 6. The van der Waals surface area contributed by atoms with E-state index in [1.54, 1.807) is 24.3 Å². The largest absolute Gasteiger partial charge is 0.351 e. The van der Waals surface area contributed by atoms with E-state index in [0.29, 0.717) is 17.8 Å². The van der Waals surface area contributed by atoms with Gasteiger partial charge >= 0.3 is 6.03 Å². The summed E-state index contributed by atoms with van der Waals surface area (Å²) in [5.74, 6) is -0.232. The summed E-state index contributed by atoms with van der Waals surface area (Å²) in [5, 5.41) is 5.15. The summed E-state index contributed by atoms with van der Waals surface area (Å²) in [7, 11) is 0. The predicted octanol–water partition coefficient (Wildman–Crippen LogP) is 1.63. The van der Waals surface area contributed by atoms with E-state index < -0.39 is 12.1 Å². The molecule has 1 aromatic rings. The van der Waals surface area contributed by atoms with E-state index in [9.17, 15) is 9.59 Å². The normalized spacial score (nSPS) is 11.7. The molecule has 0 saturated carbocycles. The van der Waals surface area contributed by atoms with Crippen molar-refractivity contribution in [3.05, 3.63) is 24.3 Å². The Labute approximate surface area is 112 Å². The van der Waals surface area contributed by atoms with Gasteiger partial charge in [-0.2, -0.15) is 0 Å². The number of primary amides is 1. The van der Waals surface area contributed by atoms with Crippen molar-refractivity contribution in [1.29, 1.82) is 0 Å². The van der Waals surface area contributed by atoms with Crippen LogP contribution in [0.1, 0.15) is 26.2 Å². The number of nitrogens with one attached hydrogen (secondary N) is 2. The van der Waals surface area contributed by atoms with Gasteiger partial charge in [0.2, 0.25) is 5.91 Å². The van der Waals surface area contributed by atoms with Crippen molar-refractivity contribution in [3.8, 4) is 0 Å². The first-order valence-corrected chi connectivity index (χ1v) is 6.26. The third-order valence-corrected chi connectivity index (χ3v) is 2.60. The van der Waals surface area contributed by atoms with Gasteiger partial charge in [-0.1, -0.05) is 25.8 Å². The summed E-state index contributed by atoms with van der Waals surface area (Å²) < 4.78 is 0. The minimum Gasteiger partial charge on any atom is -0.351 e. The molecule has 19 heavy (non-hydrogen) atoms. The zero-order valence-corrected chi connectivity index (χ0v) is 11.0. The molecule has 0 aliphatic heterocycles. The lowest BCUT2D eigenvalue weighted by atomic mass is 10.1. The molecule has 6 heteroatoms. The minimum absolute atomic E-state index is 0.232. The van der Waals surface area contributed by atoms with Gasteiger partial charge in [0.25, 0.3) is 0 Å². The Bertz CT molecular complexity index is 448. The summed E-state index contributed by atoms with van der Waals surface area (Å²) >= 11 is 0. The molecule has 104 valence electrons. The topological polar surface area (TPSA) is 110 Å². The Morgan fingerprint density at radius 1 is 1.26 bits per heavy atom. The molecular weight excluding hydrogens is 244 g/mol. The van der Waals surface area contributed by atoms with E-state index in [1.165, 1.54) is 0 Å². The average molecular weight is 264 g/mol. The van der Waals surface area contributed by atoms with Crippen LogP contribution in [0.5, 0.6) is 0 Å². The highest BCUT2D eigenvalue weighted by Crippen LogP contribution is 2.15. The van der Waals surface area contributed by atoms with Gasteiger partial charge in [0, 0.05) is 11.4 Å². The maximum Gasteiger partial charge on any atom is 0.316 e. The molecule has 1 atom stereocenters. The highest BCUT2D eigenvalue weighted by molar-refractivity contribution is 5.95. The zero-order chi connectivity index (χ0) is 14.3. The van der Waals surface area contributed by atoms with Crippen molar-refractivity contribution in [2.75, 3.05) is 10.6 Å². The van der Waals surface area contributed by atoms with E-state index in [4.69, 9.17) is 11.5 Å². The maximum atomic E-state index is 11.8. The number of amides is 3. The monoisotopic (exact) mass is 264 g/mol. The van der Waals surface area contributed by atoms with Gasteiger partial charge < -0.3 is 22.1 Å². The SMILES string of the molecule is CCCC[C@H](N)C(=O)Nc1cccc(NC(N)=O)c1. The third kappa shape index (κ3) is 5.39. The number of carbonyl (C=O) groups excluding carboxylic acids is 2. The fourth-order valence-electron chi connectivity index (χ4n) is 1.61. The number of benzene rings is 1. The van der Waals surface area contributed by atoms with Gasteiger partial charge in [0.15, 0.2) is 0 Å². The fourth-order valence-corrected chi connectivity index (χ4v) is 1.61. The van der Waals surface area contributed by atoms with E-state index in [0.717, 1.165) is 12.8 Å². The number of carbonyl (C=O) groups is 2. The van der Waals surface area contributed by atoms with E-state index in [1.807, 2.05) is 6.92 Å². The number of hydrogen-bond donors (Lipinski definition) is 4. The van der Waals surface area contributed by atoms with Crippen LogP contribution in [0, 0.1) is 0 Å². The van der Waals surface area contributed by atoms with Gasteiger partial charge in [0.05, 0.1) is 6.04 Å². The second kappa shape index (κ2) is 7.38. The predicted molar refractivity (Wildman–Crippen MR) is 75.8 cm³/mol. The molecule has 0 bridgehead atoms. The van der Waals surface area contributed by atoms with Crippen LogP contribution in [-0.2, 0) is 4.79 Å². The molecule has 1 rings (SSSR count). The highest BCUT2D eigenvalue weighted by Gasteiger charge is 2.12. The quantitative estimate of drug-likeness (QED) is 0.626. The summed E-state index contributed by atoms with van der Waals surface area (Å²) in [4.78, 5) is 22.5. The van der Waals surface area contributed by atoms with Crippen LogP contribution in [0.15, 0.2) is 24.3 Å². The number of anilines is 2. The maximum absolute atomic E-state index is 11.8. The molecule has 6 nitrogen and oxygen atoms in total. The average Bonchev–Trinajstić information content (AvgIpc) is 2.35. The molecular formula is C13H20N4O2. The number of unbranched alkanes of at least 4 members (excludes halogenated alkanes) is 1. The van der Waals surface area contributed by atoms with Gasteiger partial charge in [-0.25, -0.2) is 4.79 Å². The van der Waals surface area contributed by atoms with Crippen LogP contribution < -0.4 is 22.1 Å². The lowest BCUT2D eigenvalue weighted by molar-refractivity contribution is -0.117. The van der Waals surface area contributed by atoms with E-state index >= 15 is 0 Å². The fraction of sp³-hybridized carbons (Fsp3) is 0.385. The van der Waals surface area contributed by atoms with Crippen molar-refractivity contribution >= 4 is 23.3 Å². The van der Waals surface area contributed by atoms with Crippen LogP contribution >= 0.6 is 0 Å². The molecule has 0 aliphatic rings. The van der Waals surface area contributed by atoms with Crippen molar-refractivity contribution in [1.82, 2.24) is 0 Å². The molecule has 1 aromatic carbocycles. The van der Waals surface area contributed by atoms with Crippen LogP contribution in [0.4, 0.5) is 16.2 Å². The molecule has 0 fully saturated rings.